The zero-order valence-electron chi connectivity index (χ0n) is 16.0. The first-order chi connectivity index (χ1) is 13.7. The highest BCUT2D eigenvalue weighted by atomic mass is 127. The molecule has 0 fully saturated rings. The van der Waals surface area contributed by atoms with E-state index >= 15 is 0 Å². The van der Waals surface area contributed by atoms with Gasteiger partial charge in [-0.3, -0.25) is 9.98 Å². The van der Waals surface area contributed by atoms with Gasteiger partial charge in [-0.05, 0) is 35.2 Å². The Kier molecular flexibility index (Phi) is 7.40. The average molecular weight is 518 g/mol. The van der Waals surface area contributed by atoms with Gasteiger partial charge in [0, 0.05) is 41.3 Å². The van der Waals surface area contributed by atoms with E-state index in [0.29, 0.717) is 19.0 Å². The molecule has 0 saturated carbocycles. The molecule has 0 amide bonds. The Labute approximate surface area is 190 Å². The molecule has 2 aromatic heterocycles. The lowest BCUT2D eigenvalue weighted by Crippen LogP contribution is -2.38. The summed E-state index contributed by atoms with van der Waals surface area (Å²) in [6, 6.07) is 20.3. The van der Waals surface area contributed by atoms with Gasteiger partial charge in [0.1, 0.15) is 6.10 Å². The molecule has 4 aromatic rings. The number of halogens is 1. The zero-order chi connectivity index (χ0) is 19.3. The standard InChI is InChI=1S/C22H22N4OS.HI/c1-23-22(25-13-16-10-11-24-18-8-4-3-7-17(16)18)26-14-19(27)21-12-15-6-2-5-9-20(15)28-21;/h2-12,19,27H,13-14H2,1H3,(H2,23,25,26);1H. The van der Waals surface area contributed by atoms with Crippen LogP contribution in [0.25, 0.3) is 21.0 Å². The molecular formula is C22H23IN4OS. The number of aliphatic hydroxyl groups is 1. The minimum Gasteiger partial charge on any atom is -0.386 e. The molecule has 1 atom stereocenters. The predicted molar refractivity (Wildman–Crippen MR) is 132 cm³/mol. The molecular weight excluding hydrogens is 495 g/mol. The van der Waals surface area contributed by atoms with E-state index < -0.39 is 6.10 Å². The highest BCUT2D eigenvalue weighted by Gasteiger charge is 2.12. The number of hydrogen-bond donors (Lipinski definition) is 3. The fourth-order valence-corrected chi connectivity index (χ4v) is 4.22. The number of aliphatic imine (C=N–C) groups is 1. The van der Waals surface area contributed by atoms with Gasteiger partial charge in [-0.1, -0.05) is 36.4 Å². The molecule has 0 saturated heterocycles. The number of nitrogens with one attached hydrogen (secondary N) is 2. The molecule has 2 heterocycles. The summed E-state index contributed by atoms with van der Waals surface area (Å²) in [7, 11) is 1.73. The summed E-state index contributed by atoms with van der Waals surface area (Å²) in [4.78, 5) is 9.61. The predicted octanol–water partition coefficient (Wildman–Crippen LogP) is 4.47. The SMILES string of the molecule is CN=C(NCc1ccnc2ccccc12)NCC(O)c1cc2ccccc2s1.I. The topological polar surface area (TPSA) is 69.5 Å². The van der Waals surface area contributed by atoms with Gasteiger partial charge in [0.2, 0.25) is 0 Å². The summed E-state index contributed by atoms with van der Waals surface area (Å²) >= 11 is 1.62. The zero-order valence-corrected chi connectivity index (χ0v) is 19.1. The number of aromatic nitrogens is 1. The van der Waals surface area contributed by atoms with Gasteiger partial charge < -0.3 is 15.7 Å². The van der Waals surface area contributed by atoms with Crippen LogP contribution in [0, 0.1) is 0 Å². The van der Waals surface area contributed by atoms with E-state index in [1.807, 2.05) is 48.7 Å². The van der Waals surface area contributed by atoms with Gasteiger partial charge in [0.05, 0.1) is 5.52 Å². The minimum absolute atomic E-state index is 0. The van der Waals surface area contributed by atoms with Crippen LogP contribution in [0.15, 0.2) is 71.9 Å². The summed E-state index contributed by atoms with van der Waals surface area (Å²) in [5.74, 6) is 0.654. The molecule has 150 valence electrons. The maximum Gasteiger partial charge on any atom is 0.191 e. The van der Waals surface area contributed by atoms with Crippen molar-refractivity contribution < 1.29 is 5.11 Å². The van der Waals surface area contributed by atoms with Crippen LogP contribution in [0.4, 0.5) is 0 Å². The molecule has 0 aliphatic rings. The largest absolute Gasteiger partial charge is 0.386 e. The number of aliphatic hydroxyl groups excluding tert-OH is 1. The second-order valence-electron chi connectivity index (χ2n) is 6.50. The summed E-state index contributed by atoms with van der Waals surface area (Å²) in [5.41, 5.74) is 2.13. The summed E-state index contributed by atoms with van der Waals surface area (Å²) in [5, 5.41) is 19.4. The van der Waals surface area contributed by atoms with E-state index in [1.54, 1.807) is 18.4 Å². The molecule has 0 aliphatic heterocycles. The lowest BCUT2D eigenvalue weighted by atomic mass is 10.1. The molecule has 0 radical (unpaired) electrons. The van der Waals surface area contributed by atoms with Crippen LogP contribution in [-0.4, -0.2) is 29.6 Å². The van der Waals surface area contributed by atoms with E-state index in [-0.39, 0.29) is 24.0 Å². The molecule has 29 heavy (non-hydrogen) atoms. The number of guanidine groups is 1. The molecule has 5 nitrogen and oxygen atoms in total. The van der Waals surface area contributed by atoms with Crippen molar-refractivity contribution in [2.45, 2.75) is 12.6 Å². The van der Waals surface area contributed by atoms with Crippen LogP contribution in [0.1, 0.15) is 16.5 Å². The van der Waals surface area contributed by atoms with Crippen molar-refractivity contribution in [3.8, 4) is 0 Å². The molecule has 1 unspecified atom stereocenters. The third-order valence-corrected chi connectivity index (χ3v) is 5.86. The number of hydrogen-bond acceptors (Lipinski definition) is 4. The van der Waals surface area contributed by atoms with Crippen LogP contribution in [0.5, 0.6) is 0 Å². The Morgan fingerprint density at radius 2 is 1.90 bits per heavy atom. The Balaban J connectivity index is 0.00000240. The van der Waals surface area contributed by atoms with Crippen molar-refractivity contribution in [2.24, 2.45) is 4.99 Å². The van der Waals surface area contributed by atoms with Crippen LogP contribution in [0.2, 0.25) is 0 Å². The van der Waals surface area contributed by atoms with Gasteiger partial charge in [-0.2, -0.15) is 0 Å². The summed E-state index contributed by atoms with van der Waals surface area (Å²) in [6.07, 6.45) is 1.23. The van der Waals surface area contributed by atoms with Crippen LogP contribution < -0.4 is 10.6 Å². The number of benzene rings is 2. The number of pyridine rings is 1. The maximum absolute atomic E-state index is 10.5. The van der Waals surface area contributed by atoms with E-state index in [1.165, 1.54) is 4.70 Å². The Hall–Kier alpha value is -2.23. The Morgan fingerprint density at radius 3 is 2.72 bits per heavy atom. The van der Waals surface area contributed by atoms with Gasteiger partial charge in [-0.25, -0.2) is 0 Å². The highest BCUT2D eigenvalue weighted by molar-refractivity contribution is 14.0. The summed E-state index contributed by atoms with van der Waals surface area (Å²) < 4.78 is 1.18. The first-order valence-corrected chi connectivity index (χ1v) is 10.00. The fraction of sp³-hybridized carbons (Fsp3) is 0.182. The normalized spacial score (nSPS) is 12.6. The van der Waals surface area contributed by atoms with E-state index in [0.717, 1.165) is 26.7 Å². The molecule has 2 aromatic carbocycles. The first-order valence-electron chi connectivity index (χ1n) is 9.18. The van der Waals surface area contributed by atoms with Crippen molar-refractivity contribution in [3.05, 3.63) is 77.3 Å². The highest BCUT2D eigenvalue weighted by Crippen LogP contribution is 2.29. The maximum atomic E-state index is 10.5. The van der Waals surface area contributed by atoms with Crippen LogP contribution in [0.3, 0.4) is 0 Å². The van der Waals surface area contributed by atoms with Crippen molar-refractivity contribution >= 4 is 62.3 Å². The second kappa shape index (κ2) is 10.00. The third-order valence-electron chi connectivity index (χ3n) is 4.65. The summed E-state index contributed by atoms with van der Waals surface area (Å²) in [6.45, 7) is 1.02. The van der Waals surface area contributed by atoms with Gasteiger partial charge in [0.15, 0.2) is 5.96 Å². The van der Waals surface area contributed by atoms with Gasteiger partial charge in [0.25, 0.3) is 0 Å². The van der Waals surface area contributed by atoms with Gasteiger partial charge in [-0.15, -0.1) is 35.3 Å². The van der Waals surface area contributed by atoms with Gasteiger partial charge >= 0.3 is 0 Å². The van der Waals surface area contributed by atoms with E-state index in [2.05, 4.69) is 38.8 Å². The molecule has 0 spiro atoms. The molecule has 4 rings (SSSR count). The lowest BCUT2D eigenvalue weighted by molar-refractivity contribution is 0.184. The number of nitrogens with zero attached hydrogens (tertiary/aromatic N) is 2. The number of thiophene rings is 1. The lowest BCUT2D eigenvalue weighted by Gasteiger charge is -2.15. The first kappa shape index (κ1) is 21.5. The van der Waals surface area contributed by atoms with Crippen molar-refractivity contribution in [3.63, 3.8) is 0 Å². The Bertz CT molecular complexity index is 1090. The fourth-order valence-electron chi connectivity index (χ4n) is 3.17. The number of rotatable bonds is 5. The second-order valence-corrected chi connectivity index (χ2v) is 7.61. The number of para-hydroxylation sites is 1. The van der Waals surface area contributed by atoms with Crippen molar-refractivity contribution in [2.75, 3.05) is 13.6 Å². The number of fused-ring (bicyclic) bond motifs is 2. The molecule has 3 N–H and O–H groups in total. The Morgan fingerprint density at radius 1 is 1.10 bits per heavy atom. The van der Waals surface area contributed by atoms with E-state index in [4.69, 9.17) is 0 Å². The van der Waals surface area contributed by atoms with Crippen LogP contribution in [-0.2, 0) is 6.54 Å². The van der Waals surface area contributed by atoms with E-state index in [9.17, 15) is 5.11 Å². The molecule has 0 bridgehead atoms. The molecule has 0 aliphatic carbocycles. The van der Waals surface area contributed by atoms with Crippen molar-refractivity contribution in [1.29, 1.82) is 0 Å². The monoisotopic (exact) mass is 518 g/mol. The molecule has 7 heteroatoms. The smallest absolute Gasteiger partial charge is 0.191 e. The van der Waals surface area contributed by atoms with Crippen LogP contribution >= 0.6 is 35.3 Å². The quantitative estimate of drug-likeness (QED) is 0.207. The minimum atomic E-state index is -0.585. The third kappa shape index (κ3) is 5.04. The van der Waals surface area contributed by atoms with Crippen molar-refractivity contribution in [1.82, 2.24) is 15.6 Å². The average Bonchev–Trinajstić information content (AvgIpc) is 3.18.